The second-order valence-corrected chi connectivity index (χ2v) is 5.06. The molecule has 0 atom stereocenters. The zero-order valence-corrected chi connectivity index (χ0v) is 11.9. The van der Waals surface area contributed by atoms with Crippen LogP contribution in [0.15, 0.2) is 89.5 Å². The fraction of sp³-hybridized carbons (Fsp3) is 0. The van der Waals surface area contributed by atoms with Gasteiger partial charge in [0.05, 0.1) is 11.6 Å². The number of ether oxygens (including phenoxy) is 1. The Balaban J connectivity index is 1.87. The van der Waals surface area contributed by atoms with Crippen molar-refractivity contribution in [3.05, 3.63) is 85.1 Å². The molecular weight excluding hydrogens is 272 g/mol. The van der Waals surface area contributed by atoms with E-state index in [9.17, 15) is 0 Å². The van der Waals surface area contributed by atoms with Gasteiger partial charge in [0.2, 0.25) is 0 Å². The van der Waals surface area contributed by atoms with Gasteiger partial charge in [0.25, 0.3) is 0 Å². The molecule has 0 saturated heterocycles. The average molecular weight is 286 g/mol. The van der Waals surface area contributed by atoms with Gasteiger partial charge in [0.15, 0.2) is 0 Å². The fourth-order valence-corrected chi connectivity index (χ4v) is 2.59. The summed E-state index contributed by atoms with van der Waals surface area (Å²) in [5.74, 6) is 1.62. The van der Waals surface area contributed by atoms with Crippen molar-refractivity contribution in [2.45, 2.75) is 0 Å². The molecule has 2 heteroatoms. The van der Waals surface area contributed by atoms with Gasteiger partial charge < -0.3 is 9.15 Å². The monoisotopic (exact) mass is 286 g/mol. The lowest BCUT2D eigenvalue weighted by atomic mass is 10.0. The van der Waals surface area contributed by atoms with Crippen LogP contribution >= 0.6 is 0 Å². The highest BCUT2D eigenvalue weighted by Crippen LogP contribution is 2.38. The maximum atomic E-state index is 6.05. The van der Waals surface area contributed by atoms with Crippen LogP contribution in [0.25, 0.3) is 22.1 Å². The highest BCUT2D eigenvalue weighted by atomic mass is 16.5. The quantitative estimate of drug-likeness (QED) is 0.468. The van der Waals surface area contributed by atoms with Crippen molar-refractivity contribution in [1.29, 1.82) is 0 Å². The number of fused-ring (bicyclic) bond motifs is 1. The Morgan fingerprint density at radius 3 is 2.18 bits per heavy atom. The molecule has 0 saturated carbocycles. The van der Waals surface area contributed by atoms with Crippen LogP contribution in [-0.2, 0) is 0 Å². The first-order chi connectivity index (χ1) is 10.9. The molecule has 0 radical (unpaired) electrons. The number of rotatable bonds is 3. The third-order valence-electron chi connectivity index (χ3n) is 3.62. The number of benzene rings is 3. The first kappa shape index (κ1) is 12.7. The predicted octanol–water partition coefficient (Wildman–Crippen LogP) is 5.89. The Hall–Kier alpha value is -3.00. The molecule has 3 aromatic carbocycles. The lowest BCUT2D eigenvalue weighted by molar-refractivity contribution is 0.488. The van der Waals surface area contributed by atoms with Crippen molar-refractivity contribution in [1.82, 2.24) is 0 Å². The van der Waals surface area contributed by atoms with Gasteiger partial charge >= 0.3 is 0 Å². The maximum absolute atomic E-state index is 6.05. The van der Waals surface area contributed by atoms with Gasteiger partial charge in [-0.3, -0.25) is 0 Å². The van der Waals surface area contributed by atoms with Crippen LogP contribution < -0.4 is 4.74 Å². The lowest BCUT2D eigenvalue weighted by Gasteiger charge is -2.08. The molecule has 0 N–H and O–H groups in total. The van der Waals surface area contributed by atoms with Gasteiger partial charge in [-0.05, 0) is 29.8 Å². The maximum Gasteiger partial charge on any atom is 0.139 e. The molecule has 2 nitrogen and oxygen atoms in total. The third kappa shape index (κ3) is 2.25. The van der Waals surface area contributed by atoms with Crippen LogP contribution in [0.1, 0.15) is 0 Å². The molecule has 0 aliphatic rings. The summed E-state index contributed by atoms with van der Waals surface area (Å²) in [7, 11) is 0. The predicted molar refractivity (Wildman–Crippen MR) is 88.2 cm³/mol. The van der Waals surface area contributed by atoms with E-state index in [0.29, 0.717) is 0 Å². The molecule has 4 rings (SSSR count). The average Bonchev–Trinajstić information content (AvgIpc) is 3.02. The van der Waals surface area contributed by atoms with Gasteiger partial charge in [0.1, 0.15) is 17.1 Å². The normalized spacial score (nSPS) is 10.7. The summed E-state index contributed by atoms with van der Waals surface area (Å²) >= 11 is 0. The largest absolute Gasteiger partial charge is 0.464 e. The molecule has 106 valence electrons. The molecule has 0 fully saturated rings. The molecule has 1 heterocycles. The molecule has 4 aromatic rings. The van der Waals surface area contributed by atoms with E-state index in [4.69, 9.17) is 9.15 Å². The summed E-state index contributed by atoms with van der Waals surface area (Å²) in [5.41, 5.74) is 2.99. The van der Waals surface area contributed by atoms with Gasteiger partial charge in [-0.25, -0.2) is 0 Å². The minimum absolute atomic E-state index is 0.802. The molecule has 0 spiro atoms. The number of hydrogen-bond donors (Lipinski definition) is 0. The summed E-state index contributed by atoms with van der Waals surface area (Å²) in [6.45, 7) is 0. The van der Waals surface area contributed by atoms with E-state index in [1.54, 1.807) is 6.26 Å². The van der Waals surface area contributed by atoms with Crippen LogP contribution in [0.3, 0.4) is 0 Å². The van der Waals surface area contributed by atoms with Gasteiger partial charge in [-0.1, -0.05) is 54.6 Å². The zero-order chi connectivity index (χ0) is 14.8. The molecule has 0 aliphatic heterocycles. The highest BCUT2D eigenvalue weighted by Gasteiger charge is 2.13. The number of hydrogen-bond acceptors (Lipinski definition) is 2. The SMILES string of the molecule is c1ccc(Oc2cccc3occ(-c4ccccc4)c23)cc1. The standard InChI is InChI=1S/C20H14O2/c1-3-8-15(9-4-1)17-14-21-18-12-7-13-19(20(17)18)22-16-10-5-2-6-11-16/h1-14H. The van der Waals surface area contributed by atoms with Crippen molar-refractivity contribution in [3.8, 4) is 22.6 Å². The van der Waals surface area contributed by atoms with Gasteiger partial charge in [0, 0.05) is 5.56 Å². The van der Waals surface area contributed by atoms with Crippen LogP contribution in [-0.4, -0.2) is 0 Å². The second kappa shape index (κ2) is 5.41. The lowest BCUT2D eigenvalue weighted by Crippen LogP contribution is -1.85. The first-order valence-corrected chi connectivity index (χ1v) is 7.20. The molecular formula is C20H14O2. The molecule has 0 amide bonds. The van der Waals surface area contributed by atoms with Crippen LogP contribution in [0.4, 0.5) is 0 Å². The minimum Gasteiger partial charge on any atom is -0.464 e. The molecule has 22 heavy (non-hydrogen) atoms. The van der Waals surface area contributed by atoms with E-state index in [1.807, 2.05) is 66.7 Å². The van der Waals surface area contributed by atoms with E-state index in [2.05, 4.69) is 12.1 Å². The van der Waals surface area contributed by atoms with E-state index in [1.165, 1.54) is 0 Å². The topological polar surface area (TPSA) is 22.4 Å². The van der Waals surface area contributed by atoms with Crippen LogP contribution in [0.5, 0.6) is 11.5 Å². The van der Waals surface area contributed by atoms with Crippen molar-refractivity contribution in [3.63, 3.8) is 0 Å². The Morgan fingerprint density at radius 2 is 1.41 bits per heavy atom. The van der Waals surface area contributed by atoms with E-state index in [0.717, 1.165) is 33.6 Å². The Labute approximate surface area is 128 Å². The Kier molecular flexibility index (Phi) is 3.13. The van der Waals surface area contributed by atoms with E-state index >= 15 is 0 Å². The first-order valence-electron chi connectivity index (χ1n) is 7.20. The highest BCUT2D eigenvalue weighted by molar-refractivity contribution is 5.98. The van der Waals surface area contributed by atoms with Crippen molar-refractivity contribution in [2.75, 3.05) is 0 Å². The van der Waals surface area contributed by atoms with Crippen molar-refractivity contribution >= 4 is 11.0 Å². The molecule has 0 unspecified atom stereocenters. The number of furan rings is 1. The van der Waals surface area contributed by atoms with Gasteiger partial charge in [-0.2, -0.15) is 0 Å². The summed E-state index contributed by atoms with van der Waals surface area (Å²) in [4.78, 5) is 0. The van der Waals surface area contributed by atoms with Crippen molar-refractivity contribution in [2.24, 2.45) is 0 Å². The Bertz CT molecular complexity index is 893. The zero-order valence-electron chi connectivity index (χ0n) is 11.9. The smallest absolute Gasteiger partial charge is 0.139 e. The third-order valence-corrected chi connectivity index (χ3v) is 3.62. The summed E-state index contributed by atoms with van der Waals surface area (Å²) in [6.07, 6.45) is 1.79. The summed E-state index contributed by atoms with van der Waals surface area (Å²) in [6, 6.07) is 25.9. The van der Waals surface area contributed by atoms with E-state index < -0.39 is 0 Å². The fourth-order valence-electron chi connectivity index (χ4n) is 2.59. The van der Waals surface area contributed by atoms with Crippen molar-refractivity contribution < 1.29 is 9.15 Å². The minimum atomic E-state index is 0.802. The molecule has 0 aliphatic carbocycles. The summed E-state index contributed by atoms with van der Waals surface area (Å²) < 4.78 is 11.8. The van der Waals surface area contributed by atoms with Gasteiger partial charge in [-0.15, -0.1) is 0 Å². The summed E-state index contributed by atoms with van der Waals surface area (Å²) in [5, 5.41) is 0.998. The van der Waals surface area contributed by atoms with E-state index in [-0.39, 0.29) is 0 Å². The Morgan fingerprint density at radius 1 is 0.682 bits per heavy atom. The van der Waals surface area contributed by atoms with Crippen LogP contribution in [0, 0.1) is 0 Å². The van der Waals surface area contributed by atoms with Crippen LogP contribution in [0.2, 0.25) is 0 Å². The molecule has 0 bridgehead atoms. The molecule has 1 aromatic heterocycles. The second-order valence-electron chi connectivity index (χ2n) is 5.06. The number of para-hydroxylation sites is 1.